The monoisotopic (exact) mass is 332 g/mol. The maximum Gasteiger partial charge on any atom is 0.171 e. The van der Waals surface area contributed by atoms with Crippen LogP contribution in [0.3, 0.4) is 0 Å². The van der Waals surface area contributed by atoms with Crippen LogP contribution in [-0.2, 0) is 0 Å². The Hall–Kier alpha value is -1.58. The maximum atomic E-state index is 5.87. The second kappa shape index (κ2) is 7.61. The quantitative estimate of drug-likeness (QED) is 0.722. The fraction of sp³-hybridized carbons (Fsp3) is 0.278. The molecule has 0 radical (unpaired) electrons. The van der Waals surface area contributed by atoms with Gasteiger partial charge in [-0.15, -0.1) is 0 Å². The highest BCUT2D eigenvalue weighted by Gasteiger charge is 2.08. The van der Waals surface area contributed by atoms with Crippen molar-refractivity contribution >= 4 is 34.6 Å². The average molecular weight is 333 g/mol. The SMILES string of the molecule is CC(C)c1ccc(C(C)NC(=S)Nc2ccc(Cl)cc2)cc1. The van der Waals surface area contributed by atoms with E-state index in [0.717, 1.165) is 5.69 Å². The number of anilines is 1. The van der Waals surface area contributed by atoms with E-state index in [-0.39, 0.29) is 6.04 Å². The summed E-state index contributed by atoms with van der Waals surface area (Å²) in [6.07, 6.45) is 0. The lowest BCUT2D eigenvalue weighted by Crippen LogP contribution is -2.30. The molecule has 1 unspecified atom stereocenters. The summed E-state index contributed by atoms with van der Waals surface area (Å²) < 4.78 is 0. The largest absolute Gasteiger partial charge is 0.356 e. The van der Waals surface area contributed by atoms with Crippen LogP contribution >= 0.6 is 23.8 Å². The first kappa shape index (κ1) is 16.8. The summed E-state index contributed by atoms with van der Waals surface area (Å²) >= 11 is 11.2. The highest BCUT2D eigenvalue weighted by molar-refractivity contribution is 7.80. The van der Waals surface area contributed by atoms with Crippen molar-refractivity contribution in [3.63, 3.8) is 0 Å². The summed E-state index contributed by atoms with van der Waals surface area (Å²) in [7, 11) is 0. The number of halogens is 1. The third kappa shape index (κ3) is 4.72. The molecule has 0 heterocycles. The van der Waals surface area contributed by atoms with Crippen LogP contribution in [0.5, 0.6) is 0 Å². The fourth-order valence-electron chi connectivity index (χ4n) is 2.15. The van der Waals surface area contributed by atoms with Crippen LogP contribution in [0.25, 0.3) is 0 Å². The summed E-state index contributed by atoms with van der Waals surface area (Å²) in [6, 6.07) is 16.3. The van der Waals surface area contributed by atoms with E-state index in [1.165, 1.54) is 11.1 Å². The molecule has 0 aliphatic carbocycles. The van der Waals surface area contributed by atoms with Crippen molar-refractivity contribution in [3.8, 4) is 0 Å². The van der Waals surface area contributed by atoms with Crippen molar-refractivity contribution in [1.29, 1.82) is 0 Å². The number of thiocarbonyl (C=S) groups is 1. The molecule has 0 spiro atoms. The molecule has 1 atom stereocenters. The Labute approximate surface area is 142 Å². The zero-order valence-electron chi connectivity index (χ0n) is 13.1. The first-order chi connectivity index (χ1) is 10.5. The normalized spacial score (nSPS) is 12.0. The minimum absolute atomic E-state index is 0.147. The molecule has 0 amide bonds. The minimum Gasteiger partial charge on any atom is -0.356 e. The van der Waals surface area contributed by atoms with E-state index in [1.807, 2.05) is 24.3 Å². The van der Waals surface area contributed by atoms with Gasteiger partial charge in [0.1, 0.15) is 0 Å². The van der Waals surface area contributed by atoms with E-state index >= 15 is 0 Å². The second-order valence-corrected chi connectivity index (χ2v) is 6.49. The van der Waals surface area contributed by atoms with E-state index in [4.69, 9.17) is 23.8 Å². The van der Waals surface area contributed by atoms with Gasteiger partial charge in [0.15, 0.2) is 5.11 Å². The first-order valence-corrected chi connectivity index (χ1v) is 8.17. The lowest BCUT2D eigenvalue weighted by molar-refractivity contribution is 0.721. The lowest BCUT2D eigenvalue weighted by atomic mass is 10.00. The van der Waals surface area contributed by atoms with Gasteiger partial charge in [-0.05, 0) is 60.5 Å². The summed E-state index contributed by atoms with van der Waals surface area (Å²) in [4.78, 5) is 0. The van der Waals surface area contributed by atoms with Crippen LogP contribution in [0.2, 0.25) is 5.02 Å². The number of hydrogen-bond donors (Lipinski definition) is 2. The van der Waals surface area contributed by atoms with Gasteiger partial charge in [-0.25, -0.2) is 0 Å². The van der Waals surface area contributed by atoms with Crippen LogP contribution < -0.4 is 10.6 Å². The number of rotatable bonds is 4. The van der Waals surface area contributed by atoms with Gasteiger partial charge in [0.05, 0.1) is 6.04 Å². The predicted octanol–water partition coefficient (Wildman–Crippen LogP) is 5.51. The fourth-order valence-corrected chi connectivity index (χ4v) is 2.57. The Morgan fingerprint density at radius 1 is 0.909 bits per heavy atom. The molecule has 2 nitrogen and oxygen atoms in total. The van der Waals surface area contributed by atoms with Gasteiger partial charge in [0.2, 0.25) is 0 Å². The molecule has 0 saturated carbocycles. The standard InChI is InChI=1S/C18H21ClN2S/c1-12(2)14-4-6-15(7-5-14)13(3)20-18(22)21-17-10-8-16(19)9-11-17/h4-13H,1-3H3,(H2,20,21,22). The smallest absolute Gasteiger partial charge is 0.171 e. The van der Waals surface area contributed by atoms with Gasteiger partial charge in [0, 0.05) is 10.7 Å². The van der Waals surface area contributed by atoms with Crippen molar-refractivity contribution in [1.82, 2.24) is 5.32 Å². The van der Waals surface area contributed by atoms with Crippen molar-refractivity contribution < 1.29 is 0 Å². The summed E-state index contributed by atoms with van der Waals surface area (Å²) in [6.45, 7) is 6.49. The van der Waals surface area contributed by atoms with Crippen molar-refractivity contribution in [2.24, 2.45) is 0 Å². The Morgan fingerprint density at radius 2 is 1.45 bits per heavy atom. The van der Waals surface area contributed by atoms with Crippen molar-refractivity contribution in [3.05, 3.63) is 64.7 Å². The maximum absolute atomic E-state index is 5.87. The Balaban J connectivity index is 1.94. The summed E-state index contributed by atoms with van der Waals surface area (Å²) in [5.41, 5.74) is 3.48. The molecule has 0 bridgehead atoms. The first-order valence-electron chi connectivity index (χ1n) is 7.38. The van der Waals surface area contributed by atoms with Crippen LogP contribution in [0.15, 0.2) is 48.5 Å². The molecule has 2 rings (SSSR count). The molecule has 22 heavy (non-hydrogen) atoms. The molecule has 0 aliphatic rings. The topological polar surface area (TPSA) is 24.1 Å². The molecule has 0 saturated heterocycles. The Bertz CT molecular complexity index is 621. The number of nitrogens with one attached hydrogen (secondary N) is 2. The number of benzene rings is 2. The van der Waals surface area contributed by atoms with Crippen LogP contribution in [-0.4, -0.2) is 5.11 Å². The zero-order valence-corrected chi connectivity index (χ0v) is 14.6. The molecule has 2 aromatic carbocycles. The second-order valence-electron chi connectivity index (χ2n) is 5.65. The molecule has 4 heteroatoms. The van der Waals surface area contributed by atoms with E-state index in [0.29, 0.717) is 16.1 Å². The highest BCUT2D eigenvalue weighted by atomic mass is 35.5. The van der Waals surface area contributed by atoms with Crippen molar-refractivity contribution in [2.75, 3.05) is 5.32 Å². The van der Waals surface area contributed by atoms with Crippen LogP contribution in [0.4, 0.5) is 5.69 Å². The summed E-state index contributed by atoms with van der Waals surface area (Å²) in [5, 5.41) is 7.77. The van der Waals surface area contributed by atoms with E-state index in [1.54, 1.807) is 0 Å². The number of hydrogen-bond acceptors (Lipinski definition) is 1. The molecule has 0 aromatic heterocycles. The molecule has 2 aromatic rings. The van der Waals surface area contributed by atoms with Gasteiger partial charge in [-0.2, -0.15) is 0 Å². The van der Waals surface area contributed by atoms with Crippen LogP contribution in [0, 0.1) is 0 Å². The molecular weight excluding hydrogens is 312 g/mol. The van der Waals surface area contributed by atoms with E-state index < -0.39 is 0 Å². The van der Waals surface area contributed by atoms with Gasteiger partial charge in [0.25, 0.3) is 0 Å². The van der Waals surface area contributed by atoms with Gasteiger partial charge >= 0.3 is 0 Å². The van der Waals surface area contributed by atoms with E-state index in [9.17, 15) is 0 Å². The molecule has 116 valence electrons. The van der Waals surface area contributed by atoms with Crippen molar-refractivity contribution in [2.45, 2.75) is 32.7 Å². The molecule has 0 aliphatic heterocycles. The van der Waals surface area contributed by atoms with E-state index in [2.05, 4.69) is 55.7 Å². The molecular formula is C18H21ClN2S. The van der Waals surface area contributed by atoms with Gasteiger partial charge < -0.3 is 10.6 Å². The third-order valence-electron chi connectivity index (χ3n) is 3.55. The minimum atomic E-state index is 0.147. The highest BCUT2D eigenvalue weighted by Crippen LogP contribution is 2.19. The van der Waals surface area contributed by atoms with Gasteiger partial charge in [-0.3, -0.25) is 0 Å². The Kier molecular flexibility index (Phi) is 5.81. The predicted molar refractivity (Wildman–Crippen MR) is 99.8 cm³/mol. The van der Waals surface area contributed by atoms with Crippen LogP contribution in [0.1, 0.15) is 43.9 Å². The lowest BCUT2D eigenvalue weighted by Gasteiger charge is -2.18. The molecule has 0 fully saturated rings. The Morgan fingerprint density at radius 3 is 2.00 bits per heavy atom. The summed E-state index contributed by atoms with van der Waals surface area (Å²) in [5.74, 6) is 0.546. The molecule has 2 N–H and O–H groups in total. The van der Waals surface area contributed by atoms with Gasteiger partial charge in [-0.1, -0.05) is 49.7 Å². The zero-order chi connectivity index (χ0) is 16.1. The average Bonchev–Trinajstić information content (AvgIpc) is 2.49. The third-order valence-corrected chi connectivity index (χ3v) is 4.02.